The SMILES string of the molecule is CC(C)c1cc(C(=O)N2CCN(Cc3ccccc3)C[C@@H]2CO)n(C)n1. The summed E-state index contributed by atoms with van der Waals surface area (Å²) in [5, 5.41) is 14.3. The van der Waals surface area contributed by atoms with Crippen molar-refractivity contribution in [3.8, 4) is 0 Å². The van der Waals surface area contributed by atoms with Crippen molar-refractivity contribution in [1.29, 1.82) is 0 Å². The van der Waals surface area contributed by atoms with Crippen LogP contribution in [-0.2, 0) is 13.6 Å². The highest BCUT2D eigenvalue weighted by Crippen LogP contribution is 2.19. The van der Waals surface area contributed by atoms with E-state index in [9.17, 15) is 9.90 Å². The van der Waals surface area contributed by atoms with Crippen molar-refractivity contribution in [2.75, 3.05) is 26.2 Å². The van der Waals surface area contributed by atoms with Crippen LogP contribution in [0.25, 0.3) is 0 Å². The summed E-state index contributed by atoms with van der Waals surface area (Å²) in [5.41, 5.74) is 2.75. The Balaban J connectivity index is 1.70. The van der Waals surface area contributed by atoms with Crippen LogP contribution in [0.5, 0.6) is 0 Å². The molecule has 0 bridgehead atoms. The zero-order valence-electron chi connectivity index (χ0n) is 15.8. The fourth-order valence-electron chi connectivity index (χ4n) is 3.45. The van der Waals surface area contributed by atoms with Crippen molar-refractivity contribution in [2.45, 2.75) is 32.4 Å². The average Bonchev–Trinajstić information content (AvgIpc) is 3.04. The van der Waals surface area contributed by atoms with E-state index < -0.39 is 0 Å². The second-order valence-corrected chi connectivity index (χ2v) is 7.29. The molecule has 1 atom stereocenters. The summed E-state index contributed by atoms with van der Waals surface area (Å²) in [4.78, 5) is 17.1. The number of piperazine rings is 1. The molecule has 6 heteroatoms. The van der Waals surface area contributed by atoms with E-state index in [2.05, 4.69) is 36.0 Å². The molecule has 1 fully saturated rings. The quantitative estimate of drug-likeness (QED) is 0.888. The molecule has 6 nitrogen and oxygen atoms in total. The van der Waals surface area contributed by atoms with Gasteiger partial charge >= 0.3 is 0 Å². The monoisotopic (exact) mass is 356 g/mol. The Morgan fingerprint density at radius 3 is 2.62 bits per heavy atom. The van der Waals surface area contributed by atoms with Crippen LogP contribution in [0.1, 0.15) is 41.5 Å². The average molecular weight is 356 g/mol. The lowest BCUT2D eigenvalue weighted by Gasteiger charge is -2.40. The summed E-state index contributed by atoms with van der Waals surface area (Å²) in [6.07, 6.45) is 0. The summed E-state index contributed by atoms with van der Waals surface area (Å²) in [7, 11) is 1.80. The van der Waals surface area contributed by atoms with Crippen molar-refractivity contribution in [2.24, 2.45) is 7.05 Å². The predicted octanol–water partition coefficient (Wildman–Crippen LogP) is 1.86. The Labute approximate surface area is 155 Å². The molecule has 1 aromatic heterocycles. The number of aryl methyl sites for hydroxylation is 1. The van der Waals surface area contributed by atoms with E-state index in [4.69, 9.17) is 0 Å². The van der Waals surface area contributed by atoms with Crippen LogP contribution >= 0.6 is 0 Å². The number of amides is 1. The third-order valence-corrected chi connectivity index (χ3v) is 5.00. The highest BCUT2D eigenvalue weighted by molar-refractivity contribution is 5.93. The van der Waals surface area contributed by atoms with Crippen molar-refractivity contribution in [3.05, 3.63) is 53.3 Å². The van der Waals surface area contributed by atoms with Crippen molar-refractivity contribution in [3.63, 3.8) is 0 Å². The second-order valence-electron chi connectivity index (χ2n) is 7.29. The van der Waals surface area contributed by atoms with Crippen LogP contribution in [0.3, 0.4) is 0 Å². The summed E-state index contributed by atoms with van der Waals surface area (Å²) >= 11 is 0. The third kappa shape index (κ3) is 3.97. The Hall–Kier alpha value is -2.18. The van der Waals surface area contributed by atoms with Crippen LogP contribution < -0.4 is 0 Å². The van der Waals surface area contributed by atoms with Gasteiger partial charge in [-0.15, -0.1) is 0 Å². The summed E-state index contributed by atoms with van der Waals surface area (Å²) in [5.74, 6) is 0.226. The molecule has 0 radical (unpaired) electrons. The number of carbonyl (C=O) groups is 1. The Morgan fingerprint density at radius 1 is 1.27 bits per heavy atom. The van der Waals surface area contributed by atoms with Gasteiger partial charge in [0.25, 0.3) is 5.91 Å². The molecule has 1 aromatic carbocycles. The highest BCUT2D eigenvalue weighted by atomic mass is 16.3. The van der Waals surface area contributed by atoms with Gasteiger partial charge in [-0.1, -0.05) is 44.2 Å². The molecule has 1 amide bonds. The van der Waals surface area contributed by atoms with Gasteiger partial charge in [-0.3, -0.25) is 14.4 Å². The number of aromatic nitrogens is 2. The van der Waals surface area contributed by atoms with E-state index in [1.165, 1.54) is 5.56 Å². The lowest BCUT2D eigenvalue weighted by Crippen LogP contribution is -2.56. The Bertz CT molecular complexity index is 742. The molecule has 1 aliphatic heterocycles. The predicted molar refractivity (Wildman–Crippen MR) is 101 cm³/mol. The van der Waals surface area contributed by atoms with Crippen LogP contribution in [0, 0.1) is 0 Å². The van der Waals surface area contributed by atoms with E-state index in [1.807, 2.05) is 24.3 Å². The van der Waals surface area contributed by atoms with Gasteiger partial charge in [-0.2, -0.15) is 5.10 Å². The zero-order valence-corrected chi connectivity index (χ0v) is 15.8. The molecule has 0 unspecified atom stereocenters. The maximum atomic E-state index is 13.0. The number of carbonyl (C=O) groups excluding carboxylic acids is 1. The van der Waals surface area contributed by atoms with Crippen molar-refractivity contribution in [1.82, 2.24) is 19.6 Å². The lowest BCUT2D eigenvalue weighted by atomic mass is 10.1. The molecule has 2 heterocycles. The van der Waals surface area contributed by atoms with Gasteiger partial charge in [0.15, 0.2) is 0 Å². The Morgan fingerprint density at radius 2 is 2.00 bits per heavy atom. The van der Waals surface area contributed by atoms with Crippen LogP contribution in [0.4, 0.5) is 0 Å². The number of hydrogen-bond acceptors (Lipinski definition) is 4. The van der Waals surface area contributed by atoms with Gasteiger partial charge in [0.05, 0.1) is 18.3 Å². The van der Waals surface area contributed by atoms with E-state index in [1.54, 1.807) is 16.6 Å². The fourth-order valence-corrected chi connectivity index (χ4v) is 3.45. The number of aliphatic hydroxyl groups is 1. The third-order valence-electron chi connectivity index (χ3n) is 5.00. The van der Waals surface area contributed by atoms with Gasteiger partial charge in [0.2, 0.25) is 0 Å². The molecule has 26 heavy (non-hydrogen) atoms. The van der Waals surface area contributed by atoms with E-state index in [-0.39, 0.29) is 24.5 Å². The first-order chi connectivity index (χ1) is 12.5. The largest absolute Gasteiger partial charge is 0.394 e. The highest BCUT2D eigenvalue weighted by Gasteiger charge is 2.32. The summed E-state index contributed by atoms with van der Waals surface area (Å²) in [6.45, 7) is 7.01. The van der Waals surface area contributed by atoms with E-state index >= 15 is 0 Å². The van der Waals surface area contributed by atoms with Crippen LogP contribution in [0.15, 0.2) is 36.4 Å². The van der Waals surface area contributed by atoms with Crippen molar-refractivity contribution < 1.29 is 9.90 Å². The molecular formula is C20H28N4O2. The molecule has 140 valence electrons. The van der Waals surface area contributed by atoms with Gasteiger partial charge < -0.3 is 10.0 Å². The normalized spacial score (nSPS) is 18.5. The first-order valence-corrected chi connectivity index (χ1v) is 9.21. The van der Waals surface area contributed by atoms with E-state index in [0.29, 0.717) is 18.8 Å². The minimum atomic E-state index is -0.197. The molecule has 1 saturated heterocycles. The molecule has 0 spiro atoms. The zero-order chi connectivity index (χ0) is 18.7. The summed E-state index contributed by atoms with van der Waals surface area (Å²) in [6, 6.07) is 12.0. The topological polar surface area (TPSA) is 61.6 Å². The number of rotatable bonds is 5. The molecule has 1 N–H and O–H groups in total. The van der Waals surface area contributed by atoms with E-state index in [0.717, 1.165) is 18.8 Å². The van der Waals surface area contributed by atoms with Crippen LogP contribution in [0.2, 0.25) is 0 Å². The molecule has 0 aliphatic carbocycles. The minimum absolute atomic E-state index is 0.0358. The van der Waals surface area contributed by atoms with Crippen molar-refractivity contribution >= 4 is 5.91 Å². The fraction of sp³-hybridized carbons (Fsp3) is 0.500. The maximum Gasteiger partial charge on any atom is 0.272 e. The van der Waals surface area contributed by atoms with Gasteiger partial charge in [-0.25, -0.2) is 0 Å². The smallest absolute Gasteiger partial charge is 0.272 e. The molecular weight excluding hydrogens is 328 g/mol. The second kappa shape index (κ2) is 8.01. The standard InChI is InChI=1S/C20H28N4O2/c1-15(2)18-11-19(22(3)21-18)20(26)24-10-9-23(13-17(24)14-25)12-16-7-5-4-6-8-16/h4-8,11,15,17,25H,9-10,12-14H2,1-3H3/t17-/m1/s1. The first kappa shape index (κ1) is 18.6. The van der Waals surface area contributed by atoms with Crippen LogP contribution in [-0.4, -0.2) is 62.9 Å². The van der Waals surface area contributed by atoms with Gasteiger partial charge in [0, 0.05) is 33.2 Å². The number of nitrogens with zero attached hydrogens (tertiary/aromatic N) is 4. The maximum absolute atomic E-state index is 13.0. The lowest BCUT2D eigenvalue weighted by molar-refractivity contribution is 0.0274. The number of hydrogen-bond donors (Lipinski definition) is 1. The molecule has 2 aromatic rings. The Kier molecular flexibility index (Phi) is 5.74. The van der Waals surface area contributed by atoms with Gasteiger partial charge in [0.1, 0.15) is 5.69 Å². The summed E-state index contributed by atoms with van der Waals surface area (Å²) < 4.78 is 1.66. The molecule has 0 saturated carbocycles. The van der Waals surface area contributed by atoms with Gasteiger partial charge in [-0.05, 0) is 17.5 Å². The first-order valence-electron chi connectivity index (χ1n) is 9.21. The molecule has 1 aliphatic rings. The minimum Gasteiger partial charge on any atom is -0.394 e. The molecule has 3 rings (SSSR count). The number of aliphatic hydroxyl groups excluding tert-OH is 1. The number of benzene rings is 1.